The van der Waals surface area contributed by atoms with Crippen molar-refractivity contribution in [3.8, 4) is 23.0 Å². The second-order valence-electron chi connectivity index (χ2n) is 7.18. The Kier molecular flexibility index (Phi) is 6.50. The van der Waals surface area contributed by atoms with Crippen LogP contribution in [-0.2, 0) is 17.7 Å². The maximum atomic E-state index is 5.92. The van der Waals surface area contributed by atoms with Crippen LogP contribution in [0, 0.1) is 0 Å². The molecule has 0 bridgehead atoms. The molecule has 0 aliphatic carbocycles. The third-order valence-corrected chi connectivity index (χ3v) is 5.39. The highest BCUT2D eigenvalue weighted by Crippen LogP contribution is 2.49. The summed E-state index contributed by atoms with van der Waals surface area (Å²) in [5.74, 6) is 2.42. The monoisotopic (exact) mass is 432 g/mol. The van der Waals surface area contributed by atoms with Crippen molar-refractivity contribution in [3.05, 3.63) is 46.5 Å². The minimum atomic E-state index is -0.0583. The predicted octanol–water partition coefficient (Wildman–Crippen LogP) is 3.61. The zero-order chi connectivity index (χ0) is 20.9. The number of nitrogens with zero attached hydrogens (tertiary/aromatic N) is 1. The molecule has 0 aromatic heterocycles. The van der Waals surface area contributed by atoms with E-state index in [2.05, 4.69) is 10.5 Å². The summed E-state index contributed by atoms with van der Waals surface area (Å²) in [6, 6.07) is 9.84. The van der Waals surface area contributed by atoms with Crippen LogP contribution in [0.15, 0.2) is 35.5 Å². The molecule has 2 aliphatic heterocycles. The van der Waals surface area contributed by atoms with Crippen molar-refractivity contribution in [2.24, 2.45) is 5.16 Å². The molecule has 1 atom stereocenters. The maximum absolute atomic E-state index is 5.92. The standard InChI is InChI=1S/C22H25ClN2O5/c1-26-20-15(10-19-21(22(20)27-2)29-13-28-19)9-18-11-17(25-30-18)12-24-8-7-14-3-5-16(23)6-4-14/h3-6,10,18,24H,7-9,11-13H2,1-2H3/t18-/m1/s1. The number of fused-ring (bicyclic) bond motifs is 1. The van der Waals surface area contributed by atoms with Crippen LogP contribution in [0.4, 0.5) is 0 Å². The molecule has 30 heavy (non-hydrogen) atoms. The molecule has 2 heterocycles. The van der Waals surface area contributed by atoms with Gasteiger partial charge in [-0.25, -0.2) is 0 Å². The number of rotatable bonds is 9. The number of hydrogen-bond acceptors (Lipinski definition) is 7. The van der Waals surface area contributed by atoms with Crippen LogP contribution in [0.2, 0.25) is 5.02 Å². The van der Waals surface area contributed by atoms with E-state index in [1.165, 1.54) is 5.56 Å². The normalized spacial score (nSPS) is 16.9. The molecule has 0 radical (unpaired) electrons. The molecule has 0 saturated heterocycles. The molecule has 4 rings (SSSR count). The fraction of sp³-hybridized carbons (Fsp3) is 0.409. The van der Waals surface area contributed by atoms with Crippen molar-refractivity contribution < 1.29 is 23.8 Å². The van der Waals surface area contributed by atoms with E-state index in [1.807, 2.05) is 30.3 Å². The van der Waals surface area contributed by atoms with Crippen molar-refractivity contribution in [1.82, 2.24) is 5.32 Å². The fourth-order valence-corrected chi connectivity index (χ4v) is 3.79. The van der Waals surface area contributed by atoms with Crippen molar-refractivity contribution in [1.29, 1.82) is 0 Å². The van der Waals surface area contributed by atoms with Gasteiger partial charge in [0, 0.05) is 30.0 Å². The molecule has 2 aliphatic rings. The summed E-state index contributed by atoms with van der Waals surface area (Å²) in [5.41, 5.74) is 3.19. The SMILES string of the molecule is COc1c(C[C@@H]2CC(CNCCc3ccc(Cl)cc3)=NO2)cc2c(c1OC)OCO2. The van der Waals surface area contributed by atoms with Gasteiger partial charge in [0.25, 0.3) is 0 Å². The summed E-state index contributed by atoms with van der Waals surface area (Å²) >= 11 is 5.92. The first-order valence-electron chi connectivity index (χ1n) is 9.88. The Bertz CT molecular complexity index is 917. The average molecular weight is 433 g/mol. The predicted molar refractivity (Wildman–Crippen MR) is 114 cm³/mol. The number of oxime groups is 1. The van der Waals surface area contributed by atoms with Crippen molar-refractivity contribution in [3.63, 3.8) is 0 Å². The maximum Gasteiger partial charge on any atom is 0.231 e. The second-order valence-corrected chi connectivity index (χ2v) is 7.62. The third kappa shape index (κ3) is 4.57. The third-order valence-electron chi connectivity index (χ3n) is 5.13. The molecule has 0 fully saturated rings. The van der Waals surface area contributed by atoms with Crippen LogP contribution in [0.3, 0.4) is 0 Å². The van der Waals surface area contributed by atoms with Gasteiger partial charge in [0.2, 0.25) is 18.3 Å². The lowest BCUT2D eigenvalue weighted by Crippen LogP contribution is -2.25. The van der Waals surface area contributed by atoms with Gasteiger partial charge in [-0.3, -0.25) is 0 Å². The summed E-state index contributed by atoms with van der Waals surface area (Å²) < 4.78 is 22.1. The fourth-order valence-electron chi connectivity index (χ4n) is 3.67. The van der Waals surface area contributed by atoms with Gasteiger partial charge in [-0.05, 0) is 36.7 Å². The van der Waals surface area contributed by atoms with Gasteiger partial charge in [0.1, 0.15) is 6.10 Å². The van der Waals surface area contributed by atoms with Gasteiger partial charge in [-0.2, -0.15) is 0 Å². The van der Waals surface area contributed by atoms with Gasteiger partial charge >= 0.3 is 0 Å². The van der Waals surface area contributed by atoms with E-state index in [0.717, 1.165) is 35.7 Å². The van der Waals surface area contributed by atoms with Gasteiger partial charge in [0.05, 0.1) is 19.9 Å². The zero-order valence-electron chi connectivity index (χ0n) is 17.1. The molecular weight excluding hydrogens is 408 g/mol. The van der Waals surface area contributed by atoms with E-state index in [-0.39, 0.29) is 12.9 Å². The summed E-state index contributed by atoms with van der Waals surface area (Å²) in [4.78, 5) is 5.66. The number of benzene rings is 2. The molecule has 1 N–H and O–H groups in total. The minimum Gasteiger partial charge on any atom is -0.492 e. The average Bonchev–Trinajstić information content (AvgIpc) is 3.40. The first-order chi connectivity index (χ1) is 14.7. The molecule has 2 aromatic rings. The smallest absolute Gasteiger partial charge is 0.231 e. The highest BCUT2D eigenvalue weighted by molar-refractivity contribution is 6.30. The summed E-state index contributed by atoms with van der Waals surface area (Å²) in [6.45, 7) is 1.73. The summed E-state index contributed by atoms with van der Waals surface area (Å²) in [6.07, 6.45) is 2.27. The second kappa shape index (κ2) is 9.45. The highest BCUT2D eigenvalue weighted by Gasteiger charge is 2.29. The Balaban J connectivity index is 1.29. The lowest BCUT2D eigenvalue weighted by molar-refractivity contribution is 0.0853. The molecule has 0 spiro atoms. The lowest BCUT2D eigenvalue weighted by Gasteiger charge is -2.16. The molecule has 2 aromatic carbocycles. The molecule has 8 heteroatoms. The summed E-state index contributed by atoms with van der Waals surface area (Å²) in [5, 5.41) is 8.43. The Morgan fingerprint density at radius 3 is 2.70 bits per heavy atom. The first-order valence-corrected chi connectivity index (χ1v) is 10.3. The van der Waals surface area contributed by atoms with Crippen LogP contribution >= 0.6 is 11.6 Å². The van der Waals surface area contributed by atoms with Gasteiger partial charge < -0.3 is 29.1 Å². The van der Waals surface area contributed by atoms with Crippen LogP contribution in [0.25, 0.3) is 0 Å². The van der Waals surface area contributed by atoms with E-state index in [9.17, 15) is 0 Å². The number of halogens is 1. The van der Waals surface area contributed by atoms with E-state index >= 15 is 0 Å². The van der Waals surface area contributed by atoms with Crippen LogP contribution in [0.5, 0.6) is 23.0 Å². The Morgan fingerprint density at radius 2 is 1.93 bits per heavy atom. The number of hydrogen-bond donors (Lipinski definition) is 1. The minimum absolute atomic E-state index is 0.0583. The topological polar surface area (TPSA) is 70.5 Å². The van der Waals surface area contributed by atoms with Gasteiger partial charge in [-0.15, -0.1) is 0 Å². The molecule has 160 valence electrons. The van der Waals surface area contributed by atoms with E-state index < -0.39 is 0 Å². The molecule has 7 nitrogen and oxygen atoms in total. The van der Waals surface area contributed by atoms with Crippen molar-refractivity contribution >= 4 is 17.3 Å². The Morgan fingerprint density at radius 1 is 1.13 bits per heavy atom. The zero-order valence-corrected chi connectivity index (χ0v) is 17.8. The highest BCUT2D eigenvalue weighted by atomic mass is 35.5. The molecule has 0 unspecified atom stereocenters. The number of nitrogens with one attached hydrogen (secondary N) is 1. The van der Waals surface area contributed by atoms with Crippen molar-refractivity contribution in [2.45, 2.75) is 25.4 Å². The molecular formula is C22H25ClN2O5. The lowest BCUT2D eigenvalue weighted by atomic mass is 10.0. The van der Waals surface area contributed by atoms with Crippen LogP contribution in [-0.4, -0.2) is 45.9 Å². The quantitative estimate of drug-likeness (QED) is 0.610. The number of methoxy groups -OCH3 is 2. The Hall–Kier alpha value is -2.64. The Labute approximate surface area is 180 Å². The van der Waals surface area contributed by atoms with Crippen LogP contribution < -0.4 is 24.3 Å². The van der Waals surface area contributed by atoms with Gasteiger partial charge in [-0.1, -0.05) is 28.9 Å². The molecule has 0 amide bonds. The molecule has 0 saturated carbocycles. The summed E-state index contributed by atoms with van der Waals surface area (Å²) in [7, 11) is 3.21. The number of ether oxygens (including phenoxy) is 4. The van der Waals surface area contributed by atoms with Crippen LogP contribution in [0.1, 0.15) is 17.5 Å². The van der Waals surface area contributed by atoms with Gasteiger partial charge in [0.15, 0.2) is 11.5 Å². The van der Waals surface area contributed by atoms with E-state index in [0.29, 0.717) is 36.0 Å². The van der Waals surface area contributed by atoms with Crippen molar-refractivity contribution in [2.75, 3.05) is 34.1 Å². The first kappa shape index (κ1) is 20.6. The van der Waals surface area contributed by atoms with E-state index in [1.54, 1.807) is 14.2 Å². The largest absolute Gasteiger partial charge is 0.492 e. The van der Waals surface area contributed by atoms with E-state index in [4.69, 9.17) is 35.4 Å².